The molecule has 0 heterocycles. The number of benzene rings is 2. The predicted octanol–water partition coefficient (Wildman–Crippen LogP) is 5.29. The molecule has 0 N–H and O–H groups in total. The van der Waals surface area contributed by atoms with Crippen molar-refractivity contribution in [3.8, 4) is 5.75 Å². The molecule has 0 aliphatic carbocycles. The smallest absolute Gasteiger partial charge is 0.118 e. The van der Waals surface area contributed by atoms with Crippen LogP contribution in [-0.2, 0) is 6.42 Å². The highest BCUT2D eigenvalue weighted by molar-refractivity contribution is 9.10. The minimum atomic E-state index is -0.0137. The fourth-order valence-corrected chi connectivity index (χ4v) is 2.51. The average Bonchev–Trinajstić information content (AvgIpc) is 2.42. The molecule has 0 bridgehead atoms. The summed E-state index contributed by atoms with van der Waals surface area (Å²) in [5, 5.41) is -0.0137. The number of hydrogen-bond acceptors (Lipinski definition) is 1. The van der Waals surface area contributed by atoms with E-state index in [9.17, 15) is 0 Å². The molecular formula is C16H16BrClO. The molecule has 0 aliphatic rings. The number of aryl methyl sites for hydroxylation is 1. The van der Waals surface area contributed by atoms with Crippen molar-refractivity contribution in [1.82, 2.24) is 0 Å². The van der Waals surface area contributed by atoms with Crippen LogP contribution in [0.2, 0.25) is 0 Å². The van der Waals surface area contributed by atoms with Gasteiger partial charge >= 0.3 is 0 Å². The summed E-state index contributed by atoms with van der Waals surface area (Å²) in [7, 11) is 1.67. The van der Waals surface area contributed by atoms with Gasteiger partial charge in [0.2, 0.25) is 0 Å². The zero-order valence-electron chi connectivity index (χ0n) is 11.0. The summed E-state index contributed by atoms with van der Waals surface area (Å²) >= 11 is 10.00. The van der Waals surface area contributed by atoms with Crippen LogP contribution in [0.1, 0.15) is 22.1 Å². The van der Waals surface area contributed by atoms with E-state index in [1.54, 1.807) is 7.11 Å². The van der Waals surface area contributed by atoms with E-state index in [-0.39, 0.29) is 5.38 Å². The maximum atomic E-state index is 6.49. The Bertz CT molecular complexity index is 551. The van der Waals surface area contributed by atoms with Crippen LogP contribution in [0.5, 0.6) is 5.75 Å². The van der Waals surface area contributed by atoms with Gasteiger partial charge in [0.25, 0.3) is 0 Å². The highest BCUT2D eigenvalue weighted by atomic mass is 79.9. The van der Waals surface area contributed by atoms with Crippen LogP contribution in [0.4, 0.5) is 0 Å². The normalized spacial score (nSPS) is 12.2. The Morgan fingerprint density at radius 2 is 1.84 bits per heavy atom. The molecule has 0 saturated carbocycles. The van der Waals surface area contributed by atoms with Gasteiger partial charge in [0.15, 0.2) is 0 Å². The Kier molecular flexibility index (Phi) is 4.89. The standard InChI is InChI=1S/C16H16BrClO/c1-11-9-13(5-8-15(11)17)16(18)10-12-3-6-14(19-2)7-4-12/h3-9,16H,10H2,1-2H3. The lowest BCUT2D eigenvalue weighted by molar-refractivity contribution is 0.414. The number of alkyl halides is 1. The Morgan fingerprint density at radius 3 is 2.42 bits per heavy atom. The summed E-state index contributed by atoms with van der Waals surface area (Å²) in [4.78, 5) is 0. The first-order valence-corrected chi connectivity index (χ1v) is 7.36. The molecule has 1 nitrogen and oxygen atoms in total. The molecule has 0 fully saturated rings. The van der Waals surface area contributed by atoms with Gasteiger partial charge in [-0.25, -0.2) is 0 Å². The SMILES string of the molecule is COc1ccc(CC(Cl)c2ccc(Br)c(C)c2)cc1. The van der Waals surface area contributed by atoms with Crippen molar-refractivity contribution < 1.29 is 4.74 Å². The van der Waals surface area contributed by atoms with E-state index in [0.29, 0.717) is 0 Å². The molecule has 0 spiro atoms. The average molecular weight is 340 g/mol. The molecule has 1 atom stereocenters. The summed E-state index contributed by atoms with van der Waals surface area (Å²) in [6, 6.07) is 14.3. The molecule has 1 unspecified atom stereocenters. The first-order chi connectivity index (χ1) is 9.10. The van der Waals surface area contributed by atoms with Gasteiger partial charge in [0, 0.05) is 4.47 Å². The van der Waals surface area contributed by atoms with Crippen molar-refractivity contribution >= 4 is 27.5 Å². The Balaban J connectivity index is 2.10. The van der Waals surface area contributed by atoms with Crippen molar-refractivity contribution in [2.75, 3.05) is 7.11 Å². The third kappa shape index (κ3) is 3.74. The van der Waals surface area contributed by atoms with Gasteiger partial charge in [-0.3, -0.25) is 0 Å². The van der Waals surface area contributed by atoms with Crippen LogP contribution in [0.15, 0.2) is 46.9 Å². The molecule has 2 aromatic rings. The van der Waals surface area contributed by atoms with Gasteiger partial charge in [0.1, 0.15) is 5.75 Å². The molecule has 19 heavy (non-hydrogen) atoms. The largest absolute Gasteiger partial charge is 0.497 e. The minimum Gasteiger partial charge on any atom is -0.497 e. The Labute approximate surface area is 127 Å². The first-order valence-electron chi connectivity index (χ1n) is 6.13. The molecule has 0 aliphatic heterocycles. The molecular weight excluding hydrogens is 324 g/mol. The molecule has 2 aromatic carbocycles. The highest BCUT2D eigenvalue weighted by Gasteiger charge is 2.10. The molecule has 0 aromatic heterocycles. The molecule has 3 heteroatoms. The summed E-state index contributed by atoms with van der Waals surface area (Å²) < 4.78 is 6.26. The minimum absolute atomic E-state index is 0.0137. The maximum Gasteiger partial charge on any atom is 0.118 e. The predicted molar refractivity (Wildman–Crippen MR) is 84.2 cm³/mol. The number of hydrogen-bond donors (Lipinski definition) is 0. The molecule has 100 valence electrons. The van der Waals surface area contributed by atoms with Crippen molar-refractivity contribution in [1.29, 1.82) is 0 Å². The van der Waals surface area contributed by atoms with Crippen LogP contribution in [-0.4, -0.2) is 7.11 Å². The topological polar surface area (TPSA) is 9.23 Å². The maximum absolute atomic E-state index is 6.49. The summed E-state index contributed by atoms with van der Waals surface area (Å²) in [6.45, 7) is 2.07. The van der Waals surface area contributed by atoms with Crippen molar-refractivity contribution in [2.24, 2.45) is 0 Å². The third-order valence-corrected chi connectivity index (χ3v) is 4.41. The van der Waals surface area contributed by atoms with E-state index in [0.717, 1.165) is 22.2 Å². The lowest BCUT2D eigenvalue weighted by atomic mass is 10.0. The van der Waals surface area contributed by atoms with Gasteiger partial charge in [0.05, 0.1) is 12.5 Å². The second-order valence-corrected chi connectivity index (χ2v) is 5.91. The summed E-state index contributed by atoms with van der Waals surface area (Å²) in [6.07, 6.45) is 0.812. The lowest BCUT2D eigenvalue weighted by Crippen LogP contribution is -1.97. The molecule has 2 rings (SSSR count). The van der Waals surface area contributed by atoms with Crippen molar-refractivity contribution in [3.05, 3.63) is 63.6 Å². The van der Waals surface area contributed by atoms with Crippen LogP contribution in [0.3, 0.4) is 0 Å². The van der Waals surface area contributed by atoms with Crippen LogP contribution in [0.25, 0.3) is 0 Å². The van der Waals surface area contributed by atoms with Gasteiger partial charge in [-0.05, 0) is 48.2 Å². The van der Waals surface area contributed by atoms with Crippen molar-refractivity contribution in [2.45, 2.75) is 18.7 Å². The number of ether oxygens (including phenoxy) is 1. The van der Waals surface area contributed by atoms with Crippen LogP contribution < -0.4 is 4.74 Å². The van der Waals surface area contributed by atoms with E-state index in [4.69, 9.17) is 16.3 Å². The Morgan fingerprint density at radius 1 is 1.16 bits per heavy atom. The molecule has 0 amide bonds. The van der Waals surface area contributed by atoms with Gasteiger partial charge in [-0.15, -0.1) is 11.6 Å². The number of rotatable bonds is 4. The van der Waals surface area contributed by atoms with E-state index in [2.05, 4.69) is 47.1 Å². The van der Waals surface area contributed by atoms with Gasteiger partial charge in [-0.1, -0.05) is 40.2 Å². The van der Waals surface area contributed by atoms with Gasteiger partial charge < -0.3 is 4.74 Å². The third-order valence-electron chi connectivity index (χ3n) is 3.12. The van der Waals surface area contributed by atoms with E-state index in [1.807, 2.05) is 18.2 Å². The zero-order chi connectivity index (χ0) is 13.8. The van der Waals surface area contributed by atoms with Crippen LogP contribution >= 0.6 is 27.5 Å². The number of methoxy groups -OCH3 is 1. The quantitative estimate of drug-likeness (QED) is 0.688. The fourth-order valence-electron chi connectivity index (χ4n) is 1.95. The fraction of sp³-hybridized carbons (Fsp3) is 0.250. The lowest BCUT2D eigenvalue weighted by Gasteiger charge is -2.12. The summed E-state index contributed by atoms with van der Waals surface area (Å²) in [5.74, 6) is 0.870. The molecule has 0 saturated heterocycles. The second-order valence-electron chi connectivity index (χ2n) is 4.53. The second kappa shape index (κ2) is 6.44. The summed E-state index contributed by atoms with van der Waals surface area (Å²) in [5.41, 5.74) is 3.57. The van der Waals surface area contributed by atoms with Crippen molar-refractivity contribution in [3.63, 3.8) is 0 Å². The van der Waals surface area contributed by atoms with Crippen LogP contribution in [0, 0.1) is 6.92 Å². The monoisotopic (exact) mass is 338 g/mol. The zero-order valence-corrected chi connectivity index (χ0v) is 13.3. The van der Waals surface area contributed by atoms with E-state index >= 15 is 0 Å². The first kappa shape index (κ1) is 14.4. The number of halogens is 2. The van der Waals surface area contributed by atoms with E-state index < -0.39 is 0 Å². The molecule has 0 radical (unpaired) electrons. The highest BCUT2D eigenvalue weighted by Crippen LogP contribution is 2.28. The Hall–Kier alpha value is -0.990. The van der Waals surface area contributed by atoms with E-state index in [1.165, 1.54) is 11.1 Å². The van der Waals surface area contributed by atoms with Gasteiger partial charge in [-0.2, -0.15) is 0 Å².